The van der Waals surface area contributed by atoms with E-state index < -0.39 is 0 Å². The van der Waals surface area contributed by atoms with E-state index in [-0.39, 0.29) is 0 Å². The molecule has 0 aromatic heterocycles. The number of rotatable bonds is 7. The van der Waals surface area contributed by atoms with Gasteiger partial charge in [0, 0.05) is 23.9 Å². The molecule has 0 spiro atoms. The third-order valence-electron chi connectivity index (χ3n) is 4.39. The molecule has 112 valence electrons. The topological polar surface area (TPSA) is 15.3 Å². The molecule has 0 radical (unpaired) electrons. The Labute approximate surface area is 128 Å². The summed E-state index contributed by atoms with van der Waals surface area (Å²) < 4.78 is 0. The van der Waals surface area contributed by atoms with Gasteiger partial charge in [0.25, 0.3) is 0 Å². The fourth-order valence-corrected chi connectivity index (χ4v) is 4.29. The number of nitrogens with one attached hydrogen (secondary N) is 1. The minimum absolute atomic E-state index is 0.490. The molecule has 1 aromatic rings. The van der Waals surface area contributed by atoms with Crippen LogP contribution in [-0.2, 0) is 0 Å². The molecule has 3 atom stereocenters. The first-order valence-corrected chi connectivity index (χ1v) is 8.95. The number of thioether (sulfide) groups is 1. The van der Waals surface area contributed by atoms with E-state index >= 15 is 0 Å². The second kappa shape index (κ2) is 8.06. The smallest absolute Gasteiger partial charge is 0.0472 e. The Kier molecular flexibility index (Phi) is 6.40. The molecule has 1 heterocycles. The van der Waals surface area contributed by atoms with Crippen molar-refractivity contribution in [2.75, 3.05) is 25.4 Å². The minimum Gasteiger partial charge on any atom is -0.311 e. The maximum atomic E-state index is 3.82. The van der Waals surface area contributed by atoms with Crippen LogP contribution < -0.4 is 5.32 Å². The van der Waals surface area contributed by atoms with Crippen LogP contribution in [0.2, 0.25) is 0 Å². The first-order valence-electron chi connectivity index (χ1n) is 7.90. The minimum atomic E-state index is 0.490. The summed E-state index contributed by atoms with van der Waals surface area (Å²) in [4.78, 5) is 2.55. The van der Waals surface area contributed by atoms with Gasteiger partial charge in [0.15, 0.2) is 0 Å². The zero-order valence-electron chi connectivity index (χ0n) is 13.0. The SMILES string of the molecule is CCN(CC)C(CNC1CCSC1C)c1ccccc1. The van der Waals surface area contributed by atoms with Crippen LogP contribution in [0.15, 0.2) is 30.3 Å². The van der Waals surface area contributed by atoms with Crippen LogP contribution in [0.4, 0.5) is 0 Å². The van der Waals surface area contributed by atoms with Crippen molar-refractivity contribution in [2.24, 2.45) is 0 Å². The number of hydrogen-bond acceptors (Lipinski definition) is 3. The number of hydrogen-bond donors (Lipinski definition) is 1. The predicted octanol–water partition coefficient (Wildman–Crippen LogP) is 3.55. The van der Waals surface area contributed by atoms with Gasteiger partial charge in [-0.1, -0.05) is 51.1 Å². The lowest BCUT2D eigenvalue weighted by Gasteiger charge is -2.32. The highest BCUT2D eigenvalue weighted by Gasteiger charge is 2.25. The van der Waals surface area contributed by atoms with Crippen molar-refractivity contribution < 1.29 is 0 Å². The van der Waals surface area contributed by atoms with Gasteiger partial charge in [-0.3, -0.25) is 4.90 Å². The Hall–Kier alpha value is -0.510. The van der Waals surface area contributed by atoms with E-state index in [1.165, 1.54) is 17.7 Å². The Morgan fingerprint density at radius 2 is 1.95 bits per heavy atom. The lowest BCUT2D eigenvalue weighted by Crippen LogP contribution is -2.41. The van der Waals surface area contributed by atoms with E-state index in [1.54, 1.807) is 0 Å². The first-order chi connectivity index (χ1) is 9.76. The molecule has 0 bridgehead atoms. The molecular formula is C17H28N2S. The quantitative estimate of drug-likeness (QED) is 0.827. The van der Waals surface area contributed by atoms with Gasteiger partial charge < -0.3 is 5.32 Å². The molecule has 1 aliphatic heterocycles. The average Bonchev–Trinajstić information content (AvgIpc) is 2.90. The van der Waals surface area contributed by atoms with Crippen LogP contribution in [0.25, 0.3) is 0 Å². The van der Waals surface area contributed by atoms with Gasteiger partial charge >= 0.3 is 0 Å². The van der Waals surface area contributed by atoms with Gasteiger partial charge in [-0.05, 0) is 30.8 Å². The van der Waals surface area contributed by atoms with Gasteiger partial charge in [0.1, 0.15) is 0 Å². The van der Waals surface area contributed by atoms with Crippen molar-refractivity contribution in [3.05, 3.63) is 35.9 Å². The summed E-state index contributed by atoms with van der Waals surface area (Å²) in [6, 6.07) is 12.1. The molecule has 1 N–H and O–H groups in total. The molecule has 2 nitrogen and oxygen atoms in total. The van der Waals surface area contributed by atoms with Crippen LogP contribution in [0.1, 0.15) is 38.8 Å². The summed E-state index contributed by atoms with van der Waals surface area (Å²) in [6.45, 7) is 10.1. The summed E-state index contributed by atoms with van der Waals surface area (Å²) in [5, 5.41) is 4.57. The highest BCUT2D eigenvalue weighted by molar-refractivity contribution is 8.00. The fourth-order valence-electron chi connectivity index (χ4n) is 3.06. The molecule has 0 aliphatic carbocycles. The van der Waals surface area contributed by atoms with Crippen LogP contribution in [0.5, 0.6) is 0 Å². The largest absolute Gasteiger partial charge is 0.311 e. The normalized spacial score (nSPS) is 24.2. The van der Waals surface area contributed by atoms with Gasteiger partial charge in [-0.15, -0.1) is 0 Å². The molecule has 1 aromatic carbocycles. The van der Waals surface area contributed by atoms with E-state index in [4.69, 9.17) is 0 Å². The van der Waals surface area contributed by atoms with Gasteiger partial charge in [0.05, 0.1) is 0 Å². The van der Waals surface area contributed by atoms with Crippen LogP contribution in [0.3, 0.4) is 0 Å². The molecule has 2 rings (SSSR count). The maximum Gasteiger partial charge on any atom is 0.0472 e. The zero-order chi connectivity index (χ0) is 14.4. The summed E-state index contributed by atoms with van der Waals surface area (Å²) in [7, 11) is 0. The van der Waals surface area contributed by atoms with Crippen molar-refractivity contribution in [1.29, 1.82) is 0 Å². The first kappa shape index (κ1) is 15.9. The second-order valence-electron chi connectivity index (χ2n) is 5.53. The second-order valence-corrected chi connectivity index (χ2v) is 7.01. The van der Waals surface area contributed by atoms with E-state index in [0.29, 0.717) is 12.1 Å². The van der Waals surface area contributed by atoms with Crippen molar-refractivity contribution in [3.8, 4) is 0 Å². The van der Waals surface area contributed by atoms with E-state index in [1.807, 2.05) is 0 Å². The molecule has 1 saturated heterocycles. The monoisotopic (exact) mass is 292 g/mol. The standard InChI is InChI=1S/C17H28N2S/c1-4-19(5-2)17(15-9-7-6-8-10-15)13-18-16-11-12-20-14(16)3/h6-10,14,16-18H,4-5,11-13H2,1-3H3. The third kappa shape index (κ3) is 4.00. The molecule has 0 saturated carbocycles. The summed E-state index contributed by atoms with van der Waals surface area (Å²) in [5.41, 5.74) is 1.43. The van der Waals surface area contributed by atoms with Crippen LogP contribution >= 0.6 is 11.8 Å². The average molecular weight is 292 g/mol. The molecular weight excluding hydrogens is 264 g/mol. The summed E-state index contributed by atoms with van der Waals surface area (Å²) >= 11 is 2.10. The number of likely N-dealkylation sites (N-methyl/N-ethyl adjacent to an activating group) is 1. The number of nitrogens with zero attached hydrogens (tertiary/aromatic N) is 1. The predicted molar refractivity (Wildman–Crippen MR) is 90.4 cm³/mol. The van der Waals surface area contributed by atoms with Crippen molar-refractivity contribution in [3.63, 3.8) is 0 Å². The molecule has 1 fully saturated rings. The van der Waals surface area contributed by atoms with Gasteiger partial charge in [-0.25, -0.2) is 0 Å². The highest BCUT2D eigenvalue weighted by Crippen LogP contribution is 2.27. The van der Waals surface area contributed by atoms with Crippen molar-refractivity contribution >= 4 is 11.8 Å². The highest BCUT2D eigenvalue weighted by atomic mass is 32.2. The van der Waals surface area contributed by atoms with Gasteiger partial charge in [-0.2, -0.15) is 11.8 Å². The van der Waals surface area contributed by atoms with E-state index in [9.17, 15) is 0 Å². The summed E-state index contributed by atoms with van der Waals surface area (Å²) in [6.07, 6.45) is 1.31. The Morgan fingerprint density at radius 3 is 2.50 bits per heavy atom. The van der Waals surface area contributed by atoms with E-state index in [0.717, 1.165) is 24.9 Å². The number of benzene rings is 1. The Morgan fingerprint density at radius 1 is 1.25 bits per heavy atom. The molecule has 20 heavy (non-hydrogen) atoms. The van der Waals surface area contributed by atoms with Crippen molar-refractivity contribution in [2.45, 2.75) is 44.5 Å². The molecule has 0 amide bonds. The molecule has 3 unspecified atom stereocenters. The molecule has 1 aliphatic rings. The zero-order valence-corrected chi connectivity index (χ0v) is 13.8. The van der Waals surface area contributed by atoms with E-state index in [2.05, 4.69) is 73.1 Å². The van der Waals surface area contributed by atoms with Gasteiger partial charge in [0.2, 0.25) is 0 Å². The lowest BCUT2D eigenvalue weighted by molar-refractivity contribution is 0.208. The van der Waals surface area contributed by atoms with Crippen LogP contribution in [-0.4, -0.2) is 41.6 Å². The summed E-state index contributed by atoms with van der Waals surface area (Å²) in [5.74, 6) is 1.31. The fraction of sp³-hybridized carbons (Fsp3) is 0.647. The third-order valence-corrected chi connectivity index (χ3v) is 5.71. The maximum absolute atomic E-state index is 3.82. The lowest BCUT2D eigenvalue weighted by atomic mass is 10.0. The van der Waals surface area contributed by atoms with Crippen LogP contribution in [0, 0.1) is 0 Å². The van der Waals surface area contributed by atoms with Crippen molar-refractivity contribution in [1.82, 2.24) is 10.2 Å². The Balaban J connectivity index is 2.03. The molecule has 3 heteroatoms. The Bertz CT molecular complexity index is 378.